The zero-order valence-electron chi connectivity index (χ0n) is 23.6. The number of nitrogens with zero attached hydrogens (tertiary/aromatic N) is 2. The van der Waals surface area contributed by atoms with E-state index in [0.717, 1.165) is 50.4 Å². The molecule has 2 saturated heterocycles. The van der Waals surface area contributed by atoms with Crippen molar-refractivity contribution < 1.29 is 57.3 Å². The Morgan fingerprint density at radius 2 is 0.884 bits per heavy atom. The summed E-state index contributed by atoms with van der Waals surface area (Å²) in [7, 11) is 4.38. The lowest BCUT2D eigenvalue weighted by Gasteiger charge is -2.44. The Hall–Kier alpha value is -5.40. The number of esters is 4. The van der Waals surface area contributed by atoms with Gasteiger partial charge >= 0.3 is 23.9 Å². The van der Waals surface area contributed by atoms with Crippen LogP contribution in [0.15, 0.2) is 36.4 Å². The smallest absolute Gasteiger partial charge is 0.338 e. The minimum Gasteiger partial charge on any atom is -0.465 e. The average molecular weight is 595 g/mol. The molecule has 2 aromatic carbocycles. The number of methoxy groups -OCH3 is 4. The summed E-state index contributed by atoms with van der Waals surface area (Å²) in [4.78, 5) is 105. The molecule has 2 aliphatic rings. The molecule has 0 atom stereocenters. The molecule has 0 radical (unpaired) electrons. The van der Waals surface area contributed by atoms with E-state index in [0.29, 0.717) is 0 Å². The van der Waals surface area contributed by atoms with Crippen LogP contribution >= 0.6 is 0 Å². The van der Waals surface area contributed by atoms with Crippen LogP contribution in [0.25, 0.3) is 0 Å². The predicted octanol–water partition coefficient (Wildman–Crippen LogP) is 1.83. The largest absolute Gasteiger partial charge is 0.465 e. The van der Waals surface area contributed by atoms with Crippen LogP contribution in [-0.4, -0.2) is 75.9 Å². The number of anilines is 2. The van der Waals surface area contributed by atoms with Crippen molar-refractivity contribution in [1.29, 1.82) is 0 Å². The number of carbonyl (C=O) groups is 8. The summed E-state index contributed by atoms with van der Waals surface area (Å²) in [5.74, 6) is -6.82. The summed E-state index contributed by atoms with van der Waals surface area (Å²) in [6.07, 6.45) is -0.947. The lowest BCUT2D eigenvalue weighted by molar-refractivity contribution is -0.149. The second-order valence-electron chi connectivity index (χ2n) is 9.58. The predicted molar refractivity (Wildman–Crippen MR) is 144 cm³/mol. The van der Waals surface area contributed by atoms with Gasteiger partial charge in [0.2, 0.25) is 23.6 Å². The summed E-state index contributed by atoms with van der Waals surface area (Å²) in [5, 5.41) is 0. The molecule has 0 aromatic heterocycles. The lowest BCUT2D eigenvalue weighted by atomic mass is 9.71. The highest BCUT2D eigenvalue weighted by Crippen LogP contribution is 2.44. The van der Waals surface area contributed by atoms with Crippen LogP contribution in [0.5, 0.6) is 0 Å². The number of imide groups is 2. The highest BCUT2D eigenvalue weighted by Gasteiger charge is 2.58. The van der Waals surface area contributed by atoms with E-state index in [1.165, 1.54) is 24.3 Å². The Labute approximate surface area is 244 Å². The molecule has 0 aliphatic carbocycles. The first-order valence-corrected chi connectivity index (χ1v) is 12.8. The van der Waals surface area contributed by atoms with Gasteiger partial charge in [-0.15, -0.1) is 0 Å². The number of piperidine rings is 2. The van der Waals surface area contributed by atoms with Crippen LogP contribution < -0.4 is 9.80 Å². The van der Waals surface area contributed by atoms with Crippen molar-refractivity contribution in [2.75, 3.05) is 38.2 Å². The third-order valence-corrected chi connectivity index (χ3v) is 7.40. The van der Waals surface area contributed by atoms with Crippen LogP contribution in [0.3, 0.4) is 0 Å². The normalized spacial score (nSPS) is 16.2. The Morgan fingerprint density at radius 1 is 0.558 bits per heavy atom. The standard InChI is InChI=1S/C29H26N2O12/c1-40-23(34)17-7-5-15(13-19(17)25(36)42-3)30-21(32)9-11-29(27(30)38)12-10-22(33)31(28(29)39)16-6-8-18(24(35)41-2)20(14-16)26(37)43-4/h5-8,13-14H,9-12H2,1-4H3. The molecule has 1 spiro atoms. The van der Waals surface area contributed by atoms with Gasteiger partial charge in [-0.2, -0.15) is 0 Å². The van der Waals surface area contributed by atoms with Crippen LogP contribution in [0.4, 0.5) is 11.4 Å². The molecule has 0 bridgehead atoms. The number of hydrogen-bond acceptors (Lipinski definition) is 12. The van der Waals surface area contributed by atoms with Crippen molar-refractivity contribution in [2.45, 2.75) is 25.7 Å². The molecule has 14 heteroatoms. The van der Waals surface area contributed by atoms with E-state index < -0.39 is 52.9 Å². The van der Waals surface area contributed by atoms with E-state index in [4.69, 9.17) is 18.9 Å². The molecule has 4 rings (SSSR count). The maximum Gasteiger partial charge on any atom is 0.338 e. The van der Waals surface area contributed by atoms with Gasteiger partial charge in [-0.1, -0.05) is 0 Å². The van der Waals surface area contributed by atoms with Gasteiger partial charge in [-0.3, -0.25) is 19.2 Å². The van der Waals surface area contributed by atoms with Gasteiger partial charge in [0.25, 0.3) is 0 Å². The van der Waals surface area contributed by atoms with Gasteiger partial charge in [0.05, 0.1) is 62.1 Å². The molecule has 0 saturated carbocycles. The Morgan fingerprint density at radius 3 is 1.21 bits per heavy atom. The number of ether oxygens (including phenoxy) is 4. The molecule has 14 nitrogen and oxygen atoms in total. The summed E-state index contributed by atoms with van der Waals surface area (Å²) in [6.45, 7) is 0. The molecule has 4 amide bonds. The van der Waals surface area contributed by atoms with Crippen molar-refractivity contribution in [1.82, 2.24) is 0 Å². The summed E-state index contributed by atoms with van der Waals surface area (Å²) >= 11 is 0. The summed E-state index contributed by atoms with van der Waals surface area (Å²) in [5.41, 5.74) is -2.97. The van der Waals surface area contributed by atoms with E-state index in [1.807, 2.05) is 0 Å². The Kier molecular flexibility index (Phi) is 8.41. The van der Waals surface area contributed by atoms with Gasteiger partial charge < -0.3 is 18.9 Å². The molecule has 0 N–H and O–H groups in total. The molecular weight excluding hydrogens is 568 g/mol. The van der Waals surface area contributed by atoms with Crippen LogP contribution in [0.1, 0.15) is 67.1 Å². The van der Waals surface area contributed by atoms with E-state index >= 15 is 0 Å². The van der Waals surface area contributed by atoms with E-state index in [9.17, 15) is 38.4 Å². The zero-order chi connectivity index (χ0) is 31.6. The fourth-order valence-electron chi connectivity index (χ4n) is 5.16. The van der Waals surface area contributed by atoms with E-state index in [1.54, 1.807) is 0 Å². The van der Waals surface area contributed by atoms with Crippen LogP contribution in [0, 0.1) is 5.41 Å². The molecule has 2 heterocycles. The number of benzene rings is 2. The lowest BCUT2D eigenvalue weighted by Crippen LogP contribution is -2.62. The van der Waals surface area contributed by atoms with E-state index in [2.05, 4.69) is 0 Å². The first-order valence-electron chi connectivity index (χ1n) is 12.8. The quantitative estimate of drug-likeness (QED) is 0.205. The Balaban J connectivity index is 1.79. The second kappa shape index (κ2) is 11.8. The molecule has 2 aromatic rings. The fourth-order valence-corrected chi connectivity index (χ4v) is 5.16. The monoisotopic (exact) mass is 594 g/mol. The van der Waals surface area contributed by atoms with Gasteiger partial charge in [0.1, 0.15) is 5.41 Å². The van der Waals surface area contributed by atoms with Gasteiger partial charge in [0.15, 0.2) is 0 Å². The maximum absolute atomic E-state index is 14.0. The first kappa shape index (κ1) is 30.6. The third-order valence-electron chi connectivity index (χ3n) is 7.40. The SMILES string of the molecule is COC(=O)c1ccc(N2C(=O)CCC3(CCC(=O)N(c4ccc(C(=O)OC)c(C(=O)OC)c4)C3=O)C2=O)cc1C(=O)OC. The Bertz CT molecular complexity index is 1480. The minimum absolute atomic E-state index is 0.103. The summed E-state index contributed by atoms with van der Waals surface area (Å²) in [6, 6.07) is 7.08. The van der Waals surface area contributed by atoms with Crippen molar-refractivity contribution in [3.63, 3.8) is 0 Å². The number of rotatable bonds is 6. The number of hydrogen-bond donors (Lipinski definition) is 0. The minimum atomic E-state index is -1.86. The van der Waals surface area contributed by atoms with E-state index in [-0.39, 0.29) is 59.3 Å². The van der Waals surface area contributed by atoms with Gasteiger partial charge in [-0.25, -0.2) is 29.0 Å². The maximum atomic E-state index is 14.0. The van der Waals surface area contributed by atoms with Gasteiger partial charge in [0, 0.05) is 12.8 Å². The molecular formula is C29H26N2O12. The van der Waals surface area contributed by atoms with Gasteiger partial charge in [-0.05, 0) is 49.2 Å². The topological polar surface area (TPSA) is 180 Å². The molecule has 224 valence electrons. The summed E-state index contributed by atoms with van der Waals surface area (Å²) < 4.78 is 18.9. The number of amides is 4. The number of carbonyl (C=O) groups excluding carboxylic acids is 8. The van der Waals surface area contributed by atoms with Crippen LogP contribution in [-0.2, 0) is 38.1 Å². The average Bonchev–Trinajstić information content (AvgIpc) is 3.02. The third kappa shape index (κ3) is 5.11. The van der Waals surface area contributed by atoms with Crippen LogP contribution in [0.2, 0.25) is 0 Å². The molecule has 43 heavy (non-hydrogen) atoms. The zero-order valence-corrected chi connectivity index (χ0v) is 23.6. The van der Waals surface area contributed by atoms with Crippen molar-refractivity contribution in [3.8, 4) is 0 Å². The first-order chi connectivity index (χ1) is 20.4. The molecule has 2 fully saturated rings. The van der Waals surface area contributed by atoms with Crippen molar-refractivity contribution in [2.24, 2.45) is 5.41 Å². The second-order valence-corrected chi connectivity index (χ2v) is 9.58. The molecule has 0 unspecified atom stereocenters. The molecule has 2 aliphatic heterocycles. The highest BCUT2D eigenvalue weighted by atomic mass is 16.5. The van der Waals surface area contributed by atoms with Crippen molar-refractivity contribution >= 4 is 58.9 Å². The highest BCUT2D eigenvalue weighted by molar-refractivity contribution is 6.31. The fraction of sp³-hybridized carbons (Fsp3) is 0.310. The van der Waals surface area contributed by atoms with Crippen molar-refractivity contribution in [3.05, 3.63) is 58.7 Å².